The lowest BCUT2D eigenvalue weighted by molar-refractivity contribution is 0.327. The van der Waals surface area contributed by atoms with Crippen LogP contribution in [0.15, 0.2) is 47.1 Å². The Labute approximate surface area is 146 Å². The van der Waals surface area contributed by atoms with Gasteiger partial charge in [-0.3, -0.25) is 5.10 Å². The number of ether oxygens (including phenoxy) is 1. The normalized spacial score (nSPS) is 10.5. The number of benzene rings is 1. The zero-order valence-electron chi connectivity index (χ0n) is 13.9. The molecule has 1 aromatic carbocycles. The Kier molecular flexibility index (Phi) is 5.86. The Morgan fingerprint density at radius 3 is 2.88 bits per heavy atom. The molecule has 0 fully saturated rings. The van der Waals surface area contributed by atoms with E-state index in [1.807, 2.05) is 36.4 Å². The predicted octanol–water partition coefficient (Wildman–Crippen LogP) is 2.80. The van der Waals surface area contributed by atoms with Crippen LogP contribution in [-0.2, 0) is 13.0 Å². The molecule has 2 heterocycles. The quantitative estimate of drug-likeness (QED) is 0.464. The molecule has 0 saturated heterocycles. The summed E-state index contributed by atoms with van der Waals surface area (Å²) in [4.78, 5) is 4.41. The number of aromatic amines is 1. The lowest BCUT2D eigenvalue weighted by atomic mass is 10.2. The molecule has 128 valence electrons. The molecule has 0 amide bonds. The van der Waals surface area contributed by atoms with Gasteiger partial charge in [0.05, 0.1) is 12.9 Å². The predicted molar refractivity (Wildman–Crippen MR) is 94.9 cm³/mol. The summed E-state index contributed by atoms with van der Waals surface area (Å²) in [5, 5.41) is 10.5. The lowest BCUT2D eigenvalue weighted by Crippen LogP contribution is -2.17. The number of rotatable bonds is 9. The fourth-order valence-electron chi connectivity index (χ4n) is 2.29. The van der Waals surface area contributed by atoms with E-state index in [9.17, 15) is 0 Å². The molecule has 0 atom stereocenters. The van der Waals surface area contributed by atoms with Gasteiger partial charge >= 0.3 is 0 Å². The molecule has 0 aliphatic heterocycles. The van der Waals surface area contributed by atoms with Crippen molar-refractivity contribution < 1.29 is 9.15 Å². The van der Waals surface area contributed by atoms with E-state index in [0.29, 0.717) is 24.6 Å². The molecule has 0 saturated carbocycles. The summed E-state index contributed by atoms with van der Waals surface area (Å²) in [5.74, 6) is 5.47. The zero-order chi connectivity index (χ0) is 17.3. The number of hydrogen-bond donors (Lipinski definition) is 2. The first-order valence-corrected chi connectivity index (χ1v) is 8.16. The minimum absolute atomic E-state index is 0.547. The molecule has 0 spiro atoms. The maximum atomic E-state index is 5.53. The van der Waals surface area contributed by atoms with E-state index in [2.05, 4.69) is 26.4 Å². The topological polar surface area (TPSA) is 76.0 Å². The smallest absolute Gasteiger partial charge is 0.216 e. The third-order valence-electron chi connectivity index (χ3n) is 3.58. The molecule has 2 aromatic heterocycles. The van der Waals surface area contributed by atoms with Gasteiger partial charge in [-0.15, -0.1) is 12.3 Å². The van der Waals surface area contributed by atoms with Gasteiger partial charge in [-0.1, -0.05) is 12.1 Å². The van der Waals surface area contributed by atoms with Crippen LogP contribution in [0.3, 0.4) is 0 Å². The largest absolute Gasteiger partial charge is 0.493 e. The molecule has 6 heteroatoms. The molecule has 25 heavy (non-hydrogen) atoms. The van der Waals surface area contributed by atoms with E-state index < -0.39 is 0 Å². The zero-order valence-corrected chi connectivity index (χ0v) is 13.9. The number of furan rings is 1. The van der Waals surface area contributed by atoms with Gasteiger partial charge in [-0.25, -0.2) is 4.98 Å². The summed E-state index contributed by atoms with van der Waals surface area (Å²) in [5.41, 5.74) is 1.19. The van der Waals surface area contributed by atoms with Gasteiger partial charge in [0.15, 0.2) is 5.76 Å². The van der Waals surface area contributed by atoms with Crippen LogP contribution in [0.1, 0.15) is 17.8 Å². The van der Waals surface area contributed by atoms with Crippen LogP contribution >= 0.6 is 0 Å². The monoisotopic (exact) mass is 336 g/mol. The summed E-state index contributed by atoms with van der Waals surface area (Å²) in [7, 11) is 0. The molecule has 2 N–H and O–H groups in total. The first-order chi connectivity index (χ1) is 12.3. The van der Waals surface area contributed by atoms with Gasteiger partial charge in [-0.05, 0) is 29.8 Å². The van der Waals surface area contributed by atoms with Crippen LogP contribution in [0.4, 0.5) is 0 Å². The van der Waals surface area contributed by atoms with Crippen LogP contribution < -0.4 is 10.1 Å². The van der Waals surface area contributed by atoms with Crippen molar-refractivity contribution in [3.8, 4) is 29.7 Å². The number of terminal acetylenes is 1. The second-order valence-electron chi connectivity index (χ2n) is 5.46. The molecule has 0 aliphatic carbocycles. The van der Waals surface area contributed by atoms with Gasteiger partial charge in [0.2, 0.25) is 5.82 Å². The molecule has 3 rings (SSSR count). The highest BCUT2D eigenvalue weighted by molar-refractivity contribution is 5.45. The average molecular weight is 336 g/mol. The molecule has 3 aromatic rings. The third kappa shape index (κ3) is 4.96. The number of hydrogen-bond acceptors (Lipinski definition) is 5. The Bertz CT molecular complexity index is 801. The number of aromatic nitrogens is 3. The first kappa shape index (κ1) is 16.8. The maximum Gasteiger partial charge on any atom is 0.216 e. The highest BCUT2D eigenvalue weighted by Gasteiger charge is 2.07. The van der Waals surface area contributed by atoms with E-state index in [1.165, 1.54) is 5.56 Å². The van der Waals surface area contributed by atoms with E-state index >= 15 is 0 Å². The van der Waals surface area contributed by atoms with Crippen molar-refractivity contribution in [2.75, 3.05) is 13.2 Å². The third-order valence-corrected chi connectivity index (χ3v) is 3.58. The summed E-state index contributed by atoms with van der Waals surface area (Å²) in [6.45, 7) is 2.13. The van der Waals surface area contributed by atoms with Crippen molar-refractivity contribution in [3.05, 3.63) is 54.0 Å². The average Bonchev–Trinajstić information content (AvgIpc) is 3.32. The minimum atomic E-state index is 0.547. The molecule has 0 bridgehead atoms. The van der Waals surface area contributed by atoms with Gasteiger partial charge in [-0.2, -0.15) is 5.10 Å². The van der Waals surface area contributed by atoms with Crippen LogP contribution in [-0.4, -0.2) is 28.3 Å². The van der Waals surface area contributed by atoms with Crippen molar-refractivity contribution in [3.63, 3.8) is 0 Å². The SMILES string of the molecule is C#CCCOc1ccc(CNCCc2nc(-c3ccco3)n[nH]2)cc1. The van der Waals surface area contributed by atoms with Crippen molar-refractivity contribution >= 4 is 0 Å². The molecular weight excluding hydrogens is 316 g/mol. The Morgan fingerprint density at radius 1 is 1.24 bits per heavy atom. The summed E-state index contributed by atoms with van der Waals surface area (Å²) in [6, 6.07) is 11.7. The second kappa shape index (κ2) is 8.71. The Morgan fingerprint density at radius 2 is 2.12 bits per heavy atom. The van der Waals surface area contributed by atoms with Crippen molar-refractivity contribution in [1.82, 2.24) is 20.5 Å². The van der Waals surface area contributed by atoms with Crippen molar-refractivity contribution in [2.24, 2.45) is 0 Å². The van der Waals surface area contributed by atoms with Gasteiger partial charge in [0, 0.05) is 25.9 Å². The number of nitrogens with one attached hydrogen (secondary N) is 2. The van der Waals surface area contributed by atoms with E-state index in [0.717, 1.165) is 31.1 Å². The molecule has 0 aliphatic rings. The Balaban J connectivity index is 1.39. The van der Waals surface area contributed by atoms with Gasteiger partial charge in [0.25, 0.3) is 0 Å². The molecule has 6 nitrogen and oxygen atoms in total. The van der Waals surface area contributed by atoms with E-state index in [1.54, 1.807) is 6.26 Å². The fraction of sp³-hybridized carbons (Fsp3) is 0.263. The lowest BCUT2D eigenvalue weighted by Gasteiger charge is -2.06. The van der Waals surface area contributed by atoms with Crippen LogP contribution in [0.25, 0.3) is 11.6 Å². The molecule has 0 unspecified atom stereocenters. The van der Waals surface area contributed by atoms with Crippen LogP contribution in [0.2, 0.25) is 0 Å². The van der Waals surface area contributed by atoms with Crippen LogP contribution in [0.5, 0.6) is 5.75 Å². The number of nitrogens with zero attached hydrogens (tertiary/aromatic N) is 2. The van der Waals surface area contributed by atoms with Gasteiger partial charge in [0.1, 0.15) is 11.6 Å². The highest BCUT2D eigenvalue weighted by Crippen LogP contribution is 2.14. The van der Waals surface area contributed by atoms with E-state index in [4.69, 9.17) is 15.6 Å². The summed E-state index contributed by atoms with van der Waals surface area (Å²) < 4.78 is 10.8. The van der Waals surface area contributed by atoms with E-state index in [-0.39, 0.29) is 0 Å². The van der Waals surface area contributed by atoms with Crippen LogP contribution in [0, 0.1) is 12.3 Å². The fourth-order valence-corrected chi connectivity index (χ4v) is 2.29. The first-order valence-electron chi connectivity index (χ1n) is 8.16. The number of H-pyrrole nitrogens is 1. The molecular formula is C19H20N4O2. The minimum Gasteiger partial charge on any atom is -0.493 e. The summed E-state index contributed by atoms with van der Waals surface area (Å²) in [6.07, 6.45) is 8.19. The van der Waals surface area contributed by atoms with Crippen molar-refractivity contribution in [2.45, 2.75) is 19.4 Å². The Hall–Kier alpha value is -3.04. The van der Waals surface area contributed by atoms with Gasteiger partial charge < -0.3 is 14.5 Å². The molecule has 0 radical (unpaired) electrons. The second-order valence-corrected chi connectivity index (χ2v) is 5.46. The van der Waals surface area contributed by atoms with Crippen molar-refractivity contribution in [1.29, 1.82) is 0 Å². The maximum absolute atomic E-state index is 5.53. The standard InChI is InChI=1S/C19H20N4O2/c1-2-3-12-24-16-8-6-15(7-9-16)14-20-11-10-18-21-19(23-22-18)17-5-4-13-25-17/h1,4-9,13,20H,3,10-12,14H2,(H,21,22,23). The highest BCUT2D eigenvalue weighted by atomic mass is 16.5. The summed E-state index contributed by atoms with van der Waals surface area (Å²) >= 11 is 0.